The lowest BCUT2D eigenvalue weighted by molar-refractivity contribution is 0.207. The first-order chi connectivity index (χ1) is 16.7. The molecular formula is C23H32N8O3S. The number of tetrazole rings is 1. The van der Waals surface area contributed by atoms with Crippen molar-refractivity contribution in [2.24, 2.45) is 5.41 Å². The fraction of sp³-hybridized carbons (Fsp3) is 0.478. The van der Waals surface area contributed by atoms with E-state index in [4.69, 9.17) is 10.5 Å². The Bertz CT molecular complexity index is 1240. The van der Waals surface area contributed by atoms with E-state index in [0.29, 0.717) is 50.1 Å². The van der Waals surface area contributed by atoms with Gasteiger partial charge in [0, 0.05) is 37.5 Å². The molecule has 3 heterocycles. The zero-order valence-electron chi connectivity index (χ0n) is 20.3. The molecule has 0 radical (unpaired) electrons. The number of benzene rings is 1. The summed E-state index contributed by atoms with van der Waals surface area (Å²) in [6.45, 7) is 8.73. The molecule has 188 valence electrons. The van der Waals surface area contributed by atoms with Crippen molar-refractivity contribution in [2.75, 3.05) is 36.3 Å². The summed E-state index contributed by atoms with van der Waals surface area (Å²) in [5.41, 5.74) is 7.06. The van der Waals surface area contributed by atoms with Crippen LogP contribution in [0.25, 0.3) is 11.4 Å². The number of nitrogens with zero attached hydrogens (tertiary/aromatic N) is 7. The molecule has 11 nitrogen and oxygen atoms in total. The molecule has 35 heavy (non-hydrogen) atoms. The lowest BCUT2D eigenvalue weighted by atomic mass is 9.86. The van der Waals surface area contributed by atoms with Gasteiger partial charge in [-0.15, -0.1) is 10.2 Å². The number of aryl methyl sites for hydroxylation is 1. The number of nitrogens with two attached hydrogens (primary N) is 1. The normalized spacial score (nSPS) is 16.0. The molecule has 0 bridgehead atoms. The highest BCUT2D eigenvalue weighted by Crippen LogP contribution is 2.30. The quantitative estimate of drug-likeness (QED) is 0.449. The molecule has 1 aliphatic heterocycles. The van der Waals surface area contributed by atoms with Crippen LogP contribution in [0.2, 0.25) is 0 Å². The maximum Gasteiger partial charge on any atom is 0.304 e. The molecule has 1 fully saturated rings. The predicted octanol–water partition coefficient (Wildman–Crippen LogP) is 2.59. The van der Waals surface area contributed by atoms with E-state index in [0.717, 1.165) is 24.2 Å². The van der Waals surface area contributed by atoms with Gasteiger partial charge in [-0.2, -0.15) is 17.5 Å². The van der Waals surface area contributed by atoms with E-state index in [9.17, 15) is 8.42 Å². The van der Waals surface area contributed by atoms with Gasteiger partial charge in [0.25, 0.3) is 0 Å². The third-order valence-corrected chi connectivity index (χ3v) is 8.11. The van der Waals surface area contributed by atoms with Crippen molar-refractivity contribution in [3.63, 3.8) is 0 Å². The molecule has 0 spiro atoms. The number of nitrogen functional groups attached to an aromatic ring is 1. The Morgan fingerprint density at radius 2 is 1.89 bits per heavy atom. The zero-order valence-corrected chi connectivity index (χ0v) is 21.1. The van der Waals surface area contributed by atoms with Crippen molar-refractivity contribution in [1.82, 2.24) is 29.5 Å². The summed E-state index contributed by atoms with van der Waals surface area (Å²) >= 11 is 0. The molecule has 2 aromatic heterocycles. The average Bonchev–Trinajstić information content (AvgIpc) is 3.42. The highest BCUT2D eigenvalue weighted by Gasteiger charge is 2.37. The van der Waals surface area contributed by atoms with Crippen LogP contribution in [-0.4, -0.2) is 64.2 Å². The van der Waals surface area contributed by atoms with Gasteiger partial charge in [0.2, 0.25) is 5.82 Å². The molecule has 0 saturated carbocycles. The number of pyridine rings is 1. The first-order valence-electron chi connectivity index (χ1n) is 11.7. The van der Waals surface area contributed by atoms with Gasteiger partial charge in [-0.05, 0) is 60.7 Å². The van der Waals surface area contributed by atoms with Gasteiger partial charge in [-0.3, -0.25) is 4.31 Å². The summed E-state index contributed by atoms with van der Waals surface area (Å²) in [5, 5.41) is 12.3. The van der Waals surface area contributed by atoms with E-state index < -0.39 is 10.2 Å². The molecule has 0 aliphatic carbocycles. The van der Waals surface area contributed by atoms with Gasteiger partial charge in [-0.1, -0.05) is 13.8 Å². The van der Waals surface area contributed by atoms with Crippen LogP contribution in [-0.2, 0) is 16.8 Å². The largest absolute Gasteiger partial charge is 0.494 e. The molecule has 1 aliphatic rings. The molecule has 0 atom stereocenters. The third-order valence-electron chi connectivity index (χ3n) is 6.14. The van der Waals surface area contributed by atoms with Gasteiger partial charge in [0.05, 0.1) is 18.8 Å². The SMILES string of the molecule is CCn1nnc(-c2ccc(OCCC(C)(C)CCN3CCN(c4ccnc(N)c4)S3(=O)=O)cc2)n1. The zero-order chi connectivity index (χ0) is 25.1. The summed E-state index contributed by atoms with van der Waals surface area (Å²) in [7, 11) is -3.58. The minimum Gasteiger partial charge on any atom is -0.494 e. The minimum atomic E-state index is -3.58. The number of ether oxygens (including phenoxy) is 1. The van der Waals surface area contributed by atoms with Crippen molar-refractivity contribution >= 4 is 21.7 Å². The average molecular weight is 501 g/mol. The molecule has 0 unspecified atom stereocenters. The van der Waals surface area contributed by atoms with E-state index in [2.05, 4.69) is 34.2 Å². The second-order valence-corrected chi connectivity index (χ2v) is 11.1. The summed E-state index contributed by atoms with van der Waals surface area (Å²) in [4.78, 5) is 5.48. The van der Waals surface area contributed by atoms with Crippen LogP contribution in [0, 0.1) is 5.41 Å². The van der Waals surface area contributed by atoms with Crippen molar-refractivity contribution in [1.29, 1.82) is 0 Å². The van der Waals surface area contributed by atoms with E-state index >= 15 is 0 Å². The van der Waals surface area contributed by atoms with E-state index in [1.165, 1.54) is 14.8 Å². The Labute approximate surface area is 206 Å². The monoisotopic (exact) mass is 500 g/mol. The lowest BCUT2D eigenvalue weighted by Gasteiger charge is -2.27. The fourth-order valence-corrected chi connectivity index (χ4v) is 5.45. The van der Waals surface area contributed by atoms with Crippen molar-refractivity contribution in [3.8, 4) is 17.1 Å². The summed E-state index contributed by atoms with van der Waals surface area (Å²) in [6, 6.07) is 10.9. The fourth-order valence-electron chi connectivity index (χ4n) is 3.84. The van der Waals surface area contributed by atoms with Crippen LogP contribution in [0.5, 0.6) is 5.75 Å². The van der Waals surface area contributed by atoms with Crippen LogP contribution in [0.1, 0.15) is 33.6 Å². The number of hydrogen-bond donors (Lipinski definition) is 1. The van der Waals surface area contributed by atoms with Crippen molar-refractivity contribution < 1.29 is 13.2 Å². The van der Waals surface area contributed by atoms with Crippen LogP contribution in [0.3, 0.4) is 0 Å². The van der Waals surface area contributed by atoms with Gasteiger partial charge >= 0.3 is 10.2 Å². The molecule has 12 heteroatoms. The molecular weight excluding hydrogens is 468 g/mol. The minimum absolute atomic E-state index is 0.0907. The third kappa shape index (κ3) is 5.88. The Hall–Kier alpha value is -3.25. The number of aromatic nitrogens is 5. The maximum absolute atomic E-state index is 13.0. The highest BCUT2D eigenvalue weighted by molar-refractivity contribution is 7.90. The topological polar surface area (TPSA) is 132 Å². The maximum atomic E-state index is 13.0. The Balaban J connectivity index is 1.26. The summed E-state index contributed by atoms with van der Waals surface area (Å²) < 4.78 is 34.9. The smallest absolute Gasteiger partial charge is 0.304 e. The van der Waals surface area contributed by atoms with Gasteiger partial charge in [-0.25, -0.2) is 4.98 Å². The first-order valence-corrected chi connectivity index (χ1v) is 13.1. The van der Waals surface area contributed by atoms with E-state index in [-0.39, 0.29) is 5.41 Å². The van der Waals surface area contributed by atoms with Crippen molar-refractivity contribution in [2.45, 2.75) is 40.2 Å². The molecule has 3 aromatic rings. The van der Waals surface area contributed by atoms with Gasteiger partial charge < -0.3 is 10.5 Å². The Morgan fingerprint density at radius 3 is 2.57 bits per heavy atom. The highest BCUT2D eigenvalue weighted by atomic mass is 32.2. The molecule has 1 saturated heterocycles. The molecule has 1 aromatic carbocycles. The molecule has 2 N–H and O–H groups in total. The van der Waals surface area contributed by atoms with E-state index in [1.54, 1.807) is 16.9 Å². The molecule has 0 amide bonds. The van der Waals surface area contributed by atoms with Crippen LogP contribution in [0.4, 0.5) is 11.5 Å². The van der Waals surface area contributed by atoms with Crippen LogP contribution < -0.4 is 14.8 Å². The summed E-state index contributed by atoms with van der Waals surface area (Å²) in [5.74, 6) is 1.65. The van der Waals surface area contributed by atoms with Crippen molar-refractivity contribution in [3.05, 3.63) is 42.6 Å². The second kappa shape index (κ2) is 10.2. The standard InChI is InChI=1S/C23H32N8O3S/c1-4-31-27-22(26-28-31)18-5-7-20(8-6-18)34-16-11-23(2,3)10-13-29-14-15-30(35(29,32)33)19-9-12-25-21(24)17-19/h5-9,12,17H,4,10-11,13-16H2,1-3H3,(H2,24,25). The summed E-state index contributed by atoms with van der Waals surface area (Å²) in [6.07, 6.45) is 3.03. The number of hydrogen-bond acceptors (Lipinski definition) is 8. The van der Waals surface area contributed by atoms with Crippen LogP contribution >= 0.6 is 0 Å². The Morgan fingerprint density at radius 1 is 1.11 bits per heavy atom. The number of rotatable bonds is 10. The predicted molar refractivity (Wildman–Crippen MR) is 134 cm³/mol. The second-order valence-electron chi connectivity index (χ2n) is 9.26. The van der Waals surface area contributed by atoms with Gasteiger partial charge in [0.1, 0.15) is 11.6 Å². The number of anilines is 2. The Kier molecular flexibility index (Phi) is 7.22. The lowest BCUT2D eigenvalue weighted by Crippen LogP contribution is -2.35. The van der Waals surface area contributed by atoms with E-state index in [1.807, 2.05) is 31.2 Å². The van der Waals surface area contributed by atoms with Gasteiger partial charge in [0.15, 0.2) is 0 Å². The first kappa shape index (κ1) is 24.9. The van der Waals surface area contributed by atoms with Crippen LogP contribution in [0.15, 0.2) is 42.6 Å². The molecule has 4 rings (SSSR count).